The molecule has 2 aromatic carbocycles. The van der Waals surface area contributed by atoms with Crippen molar-refractivity contribution in [2.75, 3.05) is 24.1 Å². The van der Waals surface area contributed by atoms with Gasteiger partial charge in [0.05, 0.1) is 18.4 Å². The molecule has 1 saturated heterocycles. The second kappa shape index (κ2) is 8.87. The number of hydrogen-bond donors (Lipinski definition) is 2. The molecule has 2 amide bonds. The Morgan fingerprint density at radius 3 is 2.30 bits per heavy atom. The van der Waals surface area contributed by atoms with Crippen LogP contribution >= 0.6 is 0 Å². The molecule has 7 nitrogen and oxygen atoms in total. The Morgan fingerprint density at radius 1 is 1.10 bits per heavy atom. The van der Waals surface area contributed by atoms with Crippen LogP contribution in [0.4, 0.5) is 5.69 Å². The van der Waals surface area contributed by atoms with Crippen LogP contribution in [-0.2, 0) is 21.2 Å². The van der Waals surface area contributed by atoms with Gasteiger partial charge in [-0.1, -0.05) is 30.3 Å². The van der Waals surface area contributed by atoms with E-state index in [-0.39, 0.29) is 18.2 Å². The Morgan fingerprint density at radius 2 is 1.73 bits per heavy atom. The number of primary amides is 1. The highest BCUT2D eigenvalue weighted by Gasteiger charge is 2.25. The van der Waals surface area contributed by atoms with Crippen molar-refractivity contribution in [1.29, 1.82) is 0 Å². The van der Waals surface area contributed by atoms with Crippen LogP contribution in [0.2, 0.25) is 0 Å². The van der Waals surface area contributed by atoms with Gasteiger partial charge in [0.2, 0.25) is 15.9 Å². The number of likely N-dealkylation sites (tertiary alicyclic amines) is 1. The van der Waals surface area contributed by atoms with Gasteiger partial charge >= 0.3 is 0 Å². The van der Waals surface area contributed by atoms with Gasteiger partial charge in [0.15, 0.2) is 0 Å². The molecule has 1 fully saturated rings. The van der Waals surface area contributed by atoms with E-state index in [9.17, 15) is 18.0 Å². The van der Waals surface area contributed by atoms with Crippen molar-refractivity contribution in [2.24, 2.45) is 5.73 Å². The third-order valence-electron chi connectivity index (χ3n) is 5.39. The van der Waals surface area contributed by atoms with Crippen molar-refractivity contribution in [3.05, 3.63) is 64.7 Å². The minimum Gasteiger partial charge on any atom is -0.369 e. The van der Waals surface area contributed by atoms with Gasteiger partial charge in [0.25, 0.3) is 5.91 Å². The topological polar surface area (TPSA) is 110 Å². The molecule has 0 bridgehead atoms. The lowest BCUT2D eigenvalue weighted by molar-refractivity contribution is -0.117. The molecule has 3 N–H and O–H groups in total. The van der Waals surface area contributed by atoms with E-state index >= 15 is 0 Å². The molecule has 0 aromatic heterocycles. The number of nitrogens with zero attached hydrogens (tertiary/aromatic N) is 1. The van der Waals surface area contributed by atoms with Gasteiger partial charge in [-0.2, -0.15) is 0 Å². The largest absolute Gasteiger partial charge is 0.369 e. The number of nitrogens with one attached hydrogen (secondary N) is 1. The highest BCUT2D eigenvalue weighted by atomic mass is 32.2. The number of benzene rings is 2. The zero-order chi connectivity index (χ0) is 21.9. The Labute approximate surface area is 177 Å². The summed E-state index contributed by atoms with van der Waals surface area (Å²) in [6.45, 7) is 3.06. The number of aryl methyl sites for hydroxylation is 1. The number of amides is 2. The van der Waals surface area contributed by atoms with Gasteiger partial charge in [-0.05, 0) is 54.5 Å². The number of carbonyl (C=O) groups excluding carboxylic acids is 2. The summed E-state index contributed by atoms with van der Waals surface area (Å²) < 4.78 is 25.6. The lowest BCUT2D eigenvalue weighted by atomic mass is 9.88. The van der Waals surface area contributed by atoms with Crippen molar-refractivity contribution in [3.63, 3.8) is 0 Å². The molecule has 2 aromatic rings. The van der Waals surface area contributed by atoms with E-state index in [0.717, 1.165) is 30.2 Å². The first-order valence-corrected chi connectivity index (χ1v) is 11.8. The molecule has 0 radical (unpaired) electrons. The molecule has 1 aliphatic rings. The van der Waals surface area contributed by atoms with Crippen LogP contribution in [0.5, 0.6) is 0 Å². The maximum atomic E-state index is 12.9. The number of piperidine rings is 1. The lowest BCUT2D eigenvalue weighted by Gasteiger charge is -2.32. The molecule has 30 heavy (non-hydrogen) atoms. The van der Waals surface area contributed by atoms with Crippen LogP contribution in [0.3, 0.4) is 0 Å². The van der Waals surface area contributed by atoms with Crippen LogP contribution in [0.25, 0.3) is 0 Å². The molecule has 0 spiro atoms. The van der Waals surface area contributed by atoms with Gasteiger partial charge in [0.1, 0.15) is 0 Å². The molecular weight excluding hydrogens is 402 g/mol. The molecule has 0 aliphatic carbocycles. The predicted octanol–water partition coefficient (Wildman–Crippen LogP) is 2.41. The molecule has 3 rings (SSSR count). The highest BCUT2D eigenvalue weighted by Crippen LogP contribution is 2.29. The maximum Gasteiger partial charge on any atom is 0.253 e. The standard InChI is InChI=1S/C22H27N3O4S/c1-15-3-6-19(14-20(15)24-30(2,28)29)22(27)25-11-9-18(10-12-25)17-7-4-16(5-8-17)13-21(23)26/h3-8,14,18,24H,9-13H2,1-2H3,(H2,23,26). The second-order valence-electron chi connectivity index (χ2n) is 7.86. The first kappa shape index (κ1) is 21.8. The van der Waals surface area contributed by atoms with Crippen molar-refractivity contribution < 1.29 is 18.0 Å². The zero-order valence-corrected chi connectivity index (χ0v) is 18.0. The highest BCUT2D eigenvalue weighted by molar-refractivity contribution is 7.92. The molecule has 1 heterocycles. The summed E-state index contributed by atoms with van der Waals surface area (Å²) in [5.74, 6) is -0.0838. The number of carbonyl (C=O) groups is 2. The fourth-order valence-corrected chi connectivity index (χ4v) is 4.39. The van der Waals surface area contributed by atoms with Crippen molar-refractivity contribution in [3.8, 4) is 0 Å². The minimum atomic E-state index is -3.42. The summed E-state index contributed by atoms with van der Waals surface area (Å²) in [6.07, 6.45) is 3.02. The number of sulfonamides is 1. The zero-order valence-electron chi connectivity index (χ0n) is 17.2. The Hall–Kier alpha value is -2.87. The molecule has 0 atom stereocenters. The second-order valence-corrected chi connectivity index (χ2v) is 9.60. The van der Waals surface area contributed by atoms with Crippen LogP contribution in [0, 0.1) is 6.92 Å². The predicted molar refractivity (Wildman–Crippen MR) is 117 cm³/mol. The molecular formula is C22H27N3O4S. The first-order chi connectivity index (χ1) is 14.1. The fourth-order valence-electron chi connectivity index (χ4n) is 3.77. The first-order valence-electron chi connectivity index (χ1n) is 9.87. The average molecular weight is 430 g/mol. The number of anilines is 1. The monoisotopic (exact) mass is 429 g/mol. The summed E-state index contributed by atoms with van der Waals surface area (Å²) in [7, 11) is -3.42. The third-order valence-corrected chi connectivity index (χ3v) is 5.98. The normalized spacial score (nSPS) is 15.1. The fraction of sp³-hybridized carbons (Fsp3) is 0.364. The maximum absolute atomic E-state index is 12.9. The van der Waals surface area contributed by atoms with Crippen LogP contribution in [-0.4, -0.2) is 44.5 Å². The van der Waals surface area contributed by atoms with E-state index in [1.54, 1.807) is 25.1 Å². The Bertz CT molecular complexity index is 1040. The smallest absolute Gasteiger partial charge is 0.253 e. The van der Waals surface area contributed by atoms with E-state index in [0.29, 0.717) is 30.3 Å². The molecule has 160 valence electrons. The Kier molecular flexibility index (Phi) is 6.45. The van der Waals surface area contributed by atoms with Crippen molar-refractivity contribution in [2.45, 2.75) is 32.1 Å². The summed E-state index contributed by atoms with van der Waals surface area (Å²) in [5.41, 5.74) is 8.99. The molecule has 1 aliphatic heterocycles. The van der Waals surface area contributed by atoms with E-state index in [1.165, 1.54) is 5.56 Å². The van der Waals surface area contributed by atoms with Crippen LogP contribution in [0.15, 0.2) is 42.5 Å². The lowest BCUT2D eigenvalue weighted by Crippen LogP contribution is -2.38. The summed E-state index contributed by atoms with van der Waals surface area (Å²) in [4.78, 5) is 25.8. The number of rotatable bonds is 6. The molecule has 8 heteroatoms. The average Bonchev–Trinajstić information content (AvgIpc) is 2.68. The van der Waals surface area contributed by atoms with Gasteiger partial charge in [-0.25, -0.2) is 8.42 Å². The van der Waals surface area contributed by atoms with Gasteiger partial charge in [-0.15, -0.1) is 0 Å². The van der Waals surface area contributed by atoms with Crippen molar-refractivity contribution >= 4 is 27.5 Å². The number of hydrogen-bond acceptors (Lipinski definition) is 4. The van der Waals surface area contributed by atoms with Crippen molar-refractivity contribution in [1.82, 2.24) is 4.90 Å². The summed E-state index contributed by atoms with van der Waals surface area (Å²) in [6, 6.07) is 13.0. The van der Waals surface area contributed by atoms with E-state index in [4.69, 9.17) is 5.73 Å². The van der Waals surface area contributed by atoms with E-state index in [2.05, 4.69) is 4.72 Å². The van der Waals surface area contributed by atoms with E-state index < -0.39 is 10.0 Å². The summed E-state index contributed by atoms with van der Waals surface area (Å²) >= 11 is 0. The van der Waals surface area contributed by atoms with Crippen LogP contribution < -0.4 is 10.5 Å². The van der Waals surface area contributed by atoms with Gasteiger partial charge in [-0.3, -0.25) is 14.3 Å². The molecule has 0 unspecified atom stereocenters. The SMILES string of the molecule is Cc1ccc(C(=O)N2CCC(c3ccc(CC(N)=O)cc3)CC2)cc1NS(C)(=O)=O. The number of nitrogens with two attached hydrogens (primary N) is 1. The minimum absolute atomic E-state index is 0.0955. The third kappa shape index (κ3) is 5.60. The van der Waals surface area contributed by atoms with Gasteiger partial charge < -0.3 is 10.6 Å². The quantitative estimate of drug-likeness (QED) is 0.735. The summed E-state index contributed by atoms with van der Waals surface area (Å²) in [5, 5.41) is 0. The van der Waals surface area contributed by atoms with Gasteiger partial charge in [0, 0.05) is 18.7 Å². The molecule has 0 saturated carbocycles. The Balaban J connectivity index is 1.64. The van der Waals surface area contributed by atoms with Crippen LogP contribution in [0.1, 0.15) is 45.8 Å². The van der Waals surface area contributed by atoms with E-state index in [1.807, 2.05) is 29.2 Å².